The fourth-order valence-electron chi connectivity index (χ4n) is 3.47. The summed E-state index contributed by atoms with van der Waals surface area (Å²) in [7, 11) is 0. The minimum absolute atomic E-state index is 0.559. The van der Waals surface area contributed by atoms with Gasteiger partial charge in [-0.3, -0.25) is 0 Å². The van der Waals surface area contributed by atoms with E-state index in [-0.39, 0.29) is 0 Å². The molecule has 0 aromatic heterocycles. The maximum absolute atomic E-state index is 5.57. The van der Waals surface area contributed by atoms with Crippen LogP contribution in [0.2, 0.25) is 0 Å². The van der Waals surface area contributed by atoms with Gasteiger partial charge in [-0.25, -0.2) is 0 Å². The van der Waals surface area contributed by atoms with E-state index in [1.54, 1.807) is 0 Å². The molecule has 1 heterocycles. The van der Waals surface area contributed by atoms with E-state index in [1.165, 1.54) is 50.5 Å². The number of hydrogen-bond donors (Lipinski definition) is 1. The van der Waals surface area contributed by atoms with E-state index < -0.39 is 0 Å². The van der Waals surface area contributed by atoms with Crippen LogP contribution >= 0.6 is 0 Å². The molecule has 2 rings (SSSR count). The van der Waals surface area contributed by atoms with Gasteiger partial charge in [-0.15, -0.1) is 0 Å². The van der Waals surface area contributed by atoms with E-state index in [9.17, 15) is 0 Å². The normalized spacial score (nSPS) is 25.5. The van der Waals surface area contributed by atoms with Crippen molar-refractivity contribution >= 4 is 0 Å². The average molecular weight is 265 g/mol. The van der Waals surface area contributed by atoms with Crippen molar-refractivity contribution in [1.82, 2.24) is 5.32 Å². The zero-order valence-corrected chi connectivity index (χ0v) is 13.0. The highest BCUT2D eigenvalue weighted by atomic mass is 16.5. The molecule has 0 saturated heterocycles. The number of nitrogens with one attached hydrogen (secondary N) is 1. The van der Waals surface area contributed by atoms with Crippen molar-refractivity contribution in [2.75, 3.05) is 13.2 Å². The molecule has 2 heteroatoms. The SMILES string of the molecule is CCCNC(C1=COCCC1)C1CCC(C)(C)CC1. The Kier molecular flexibility index (Phi) is 5.32. The molecule has 0 aromatic rings. The molecule has 1 saturated carbocycles. The van der Waals surface area contributed by atoms with Gasteiger partial charge in [-0.2, -0.15) is 0 Å². The summed E-state index contributed by atoms with van der Waals surface area (Å²) >= 11 is 0. The highest BCUT2D eigenvalue weighted by molar-refractivity contribution is 5.12. The molecule has 1 atom stereocenters. The van der Waals surface area contributed by atoms with Crippen LogP contribution in [-0.2, 0) is 4.74 Å². The zero-order valence-electron chi connectivity index (χ0n) is 13.0. The van der Waals surface area contributed by atoms with Gasteiger partial charge in [0.15, 0.2) is 0 Å². The van der Waals surface area contributed by atoms with Gasteiger partial charge in [0.25, 0.3) is 0 Å². The third kappa shape index (κ3) is 4.24. The predicted molar refractivity (Wildman–Crippen MR) is 81.1 cm³/mol. The van der Waals surface area contributed by atoms with Crippen molar-refractivity contribution < 1.29 is 4.74 Å². The van der Waals surface area contributed by atoms with Gasteiger partial charge in [0.2, 0.25) is 0 Å². The van der Waals surface area contributed by atoms with Gasteiger partial charge in [0.05, 0.1) is 12.9 Å². The lowest BCUT2D eigenvalue weighted by Crippen LogP contribution is -2.41. The third-order valence-electron chi connectivity index (χ3n) is 4.83. The molecule has 0 spiro atoms. The Morgan fingerprint density at radius 1 is 1.37 bits per heavy atom. The first-order chi connectivity index (χ1) is 9.12. The van der Waals surface area contributed by atoms with Gasteiger partial charge < -0.3 is 10.1 Å². The van der Waals surface area contributed by atoms with E-state index in [0.29, 0.717) is 11.5 Å². The van der Waals surface area contributed by atoms with E-state index >= 15 is 0 Å². The van der Waals surface area contributed by atoms with Gasteiger partial charge in [-0.05, 0) is 68.4 Å². The summed E-state index contributed by atoms with van der Waals surface area (Å²) in [6.07, 6.45) is 11.2. The van der Waals surface area contributed by atoms with Gasteiger partial charge in [-0.1, -0.05) is 20.8 Å². The van der Waals surface area contributed by atoms with E-state index in [4.69, 9.17) is 4.74 Å². The molecule has 1 N–H and O–H groups in total. The van der Waals surface area contributed by atoms with Gasteiger partial charge in [0, 0.05) is 6.04 Å². The predicted octanol–water partition coefficient (Wildman–Crippen LogP) is 4.27. The summed E-state index contributed by atoms with van der Waals surface area (Å²) in [5.74, 6) is 0.813. The van der Waals surface area contributed by atoms with Gasteiger partial charge in [0.1, 0.15) is 0 Å². The number of ether oxygens (including phenoxy) is 1. The summed E-state index contributed by atoms with van der Waals surface area (Å²) in [6.45, 7) is 9.12. The molecule has 1 aliphatic heterocycles. The molecule has 0 amide bonds. The summed E-state index contributed by atoms with van der Waals surface area (Å²) < 4.78 is 5.57. The van der Waals surface area contributed by atoms with E-state index in [0.717, 1.165) is 19.1 Å². The number of hydrogen-bond acceptors (Lipinski definition) is 2. The van der Waals surface area contributed by atoms with Crippen LogP contribution in [0.3, 0.4) is 0 Å². The molecule has 1 aliphatic carbocycles. The summed E-state index contributed by atoms with van der Waals surface area (Å²) in [5.41, 5.74) is 2.08. The molecule has 0 aromatic carbocycles. The lowest BCUT2D eigenvalue weighted by Gasteiger charge is -2.39. The van der Waals surface area contributed by atoms with Crippen molar-refractivity contribution in [3.63, 3.8) is 0 Å². The minimum atomic E-state index is 0.559. The fraction of sp³-hybridized carbons (Fsp3) is 0.882. The van der Waals surface area contributed by atoms with Crippen LogP contribution in [0.1, 0.15) is 65.7 Å². The van der Waals surface area contributed by atoms with Crippen LogP contribution < -0.4 is 5.32 Å². The quantitative estimate of drug-likeness (QED) is 0.801. The van der Waals surface area contributed by atoms with Crippen molar-refractivity contribution in [1.29, 1.82) is 0 Å². The van der Waals surface area contributed by atoms with Gasteiger partial charge >= 0.3 is 0 Å². The Morgan fingerprint density at radius 2 is 2.11 bits per heavy atom. The van der Waals surface area contributed by atoms with Crippen molar-refractivity contribution in [2.45, 2.75) is 71.8 Å². The smallest absolute Gasteiger partial charge is 0.0876 e. The second kappa shape index (κ2) is 6.78. The number of rotatable bonds is 5. The Hall–Kier alpha value is -0.500. The lowest BCUT2D eigenvalue weighted by atomic mass is 9.70. The molecule has 1 fully saturated rings. The van der Waals surface area contributed by atoms with Crippen molar-refractivity contribution in [3.05, 3.63) is 11.8 Å². The summed E-state index contributed by atoms with van der Waals surface area (Å²) in [6, 6.07) is 0.566. The summed E-state index contributed by atoms with van der Waals surface area (Å²) in [4.78, 5) is 0. The van der Waals surface area contributed by atoms with Crippen LogP contribution in [-0.4, -0.2) is 19.2 Å². The largest absolute Gasteiger partial charge is 0.501 e. The molecule has 19 heavy (non-hydrogen) atoms. The Bertz CT molecular complexity index is 298. The molecule has 2 nitrogen and oxygen atoms in total. The first-order valence-corrected chi connectivity index (χ1v) is 8.16. The molecule has 2 aliphatic rings. The van der Waals surface area contributed by atoms with Crippen LogP contribution in [0, 0.1) is 11.3 Å². The zero-order chi connectivity index (χ0) is 13.7. The van der Waals surface area contributed by atoms with Crippen molar-refractivity contribution in [2.24, 2.45) is 11.3 Å². The molecule has 0 radical (unpaired) electrons. The molecular formula is C17H31NO. The topological polar surface area (TPSA) is 21.3 Å². The highest BCUT2D eigenvalue weighted by Gasteiger charge is 2.33. The van der Waals surface area contributed by atoms with Crippen LogP contribution in [0.15, 0.2) is 11.8 Å². The Balaban J connectivity index is 1.99. The monoisotopic (exact) mass is 265 g/mol. The highest BCUT2D eigenvalue weighted by Crippen LogP contribution is 2.41. The second-order valence-corrected chi connectivity index (χ2v) is 7.10. The molecule has 1 unspecified atom stereocenters. The first kappa shape index (κ1) is 14.9. The lowest BCUT2D eigenvalue weighted by molar-refractivity contribution is 0.160. The summed E-state index contributed by atoms with van der Waals surface area (Å²) in [5, 5.41) is 3.79. The second-order valence-electron chi connectivity index (χ2n) is 7.10. The van der Waals surface area contributed by atoms with Crippen LogP contribution in [0.5, 0.6) is 0 Å². The standard InChI is InChI=1S/C17H31NO/c1-4-11-18-16(15-6-5-12-19-13-15)14-7-9-17(2,3)10-8-14/h13-14,16,18H,4-12H2,1-3H3. The van der Waals surface area contributed by atoms with E-state index in [1.807, 2.05) is 0 Å². The maximum Gasteiger partial charge on any atom is 0.0876 e. The molecular weight excluding hydrogens is 234 g/mol. The van der Waals surface area contributed by atoms with Crippen LogP contribution in [0.4, 0.5) is 0 Å². The molecule has 110 valence electrons. The maximum atomic E-state index is 5.57. The first-order valence-electron chi connectivity index (χ1n) is 8.16. The van der Waals surface area contributed by atoms with Crippen LogP contribution in [0.25, 0.3) is 0 Å². The Morgan fingerprint density at radius 3 is 2.68 bits per heavy atom. The molecule has 0 bridgehead atoms. The Labute approximate surface area is 119 Å². The fourth-order valence-corrected chi connectivity index (χ4v) is 3.47. The minimum Gasteiger partial charge on any atom is -0.501 e. The average Bonchev–Trinajstić information content (AvgIpc) is 2.42. The third-order valence-corrected chi connectivity index (χ3v) is 4.83. The van der Waals surface area contributed by atoms with E-state index in [2.05, 4.69) is 32.4 Å². The van der Waals surface area contributed by atoms with Crippen molar-refractivity contribution in [3.8, 4) is 0 Å².